The Labute approximate surface area is 109 Å². The lowest BCUT2D eigenvalue weighted by atomic mass is 10.2. The van der Waals surface area contributed by atoms with E-state index in [0.717, 1.165) is 0 Å². The number of nitrogens with one attached hydrogen (secondary N) is 1. The third-order valence-electron chi connectivity index (χ3n) is 2.87. The van der Waals surface area contributed by atoms with Crippen LogP contribution in [0.5, 0.6) is 0 Å². The van der Waals surface area contributed by atoms with Crippen LogP contribution in [-0.2, 0) is 19.6 Å². The summed E-state index contributed by atoms with van der Waals surface area (Å²) in [5, 5.41) is 16.2. The molecule has 0 radical (unpaired) electrons. The Morgan fingerprint density at radius 1 is 1.32 bits per heavy atom. The van der Waals surface area contributed by atoms with Gasteiger partial charge in [-0.25, -0.2) is 13.6 Å². The number of nitrogens with two attached hydrogens (primary N) is 1. The number of carbonyl (C=O) groups is 2. The maximum Gasteiger partial charge on any atom is 0.307 e. The van der Waals surface area contributed by atoms with Crippen molar-refractivity contribution in [2.24, 2.45) is 17.0 Å². The summed E-state index contributed by atoms with van der Waals surface area (Å²) in [5.41, 5.74) is 0.271. The second-order valence-corrected chi connectivity index (χ2v) is 5.91. The summed E-state index contributed by atoms with van der Waals surface area (Å²) in [4.78, 5) is 22.2. The van der Waals surface area contributed by atoms with Crippen LogP contribution < -0.4 is 10.5 Å². The Hall–Kier alpha value is -1.93. The fraction of sp³-hybridized carbons (Fsp3) is 0.273. The van der Waals surface area contributed by atoms with Gasteiger partial charge >= 0.3 is 5.97 Å². The Kier molecular flexibility index (Phi) is 3.29. The minimum absolute atomic E-state index is 0.115. The molecule has 0 heterocycles. The molecule has 7 nitrogen and oxygen atoms in total. The molecule has 0 aliphatic heterocycles. The van der Waals surface area contributed by atoms with Crippen molar-refractivity contribution >= 4 is 27.6 Å². The molecule has 19 heavy (non-hydrogen) atoms. The first kappa shape index (κ1) is 13.5. The number of primary sulfonamides is 1. The smallest absolute Gasteiger partial charge is 0.307 e. The van der Waals surface area contributed by atoms with Gasteiger partial charge in [-0.1, -0.05) is 6.07 Å². The third kappa shape index (κ3) is 3.09. The van der Waals surface area contributed by atoms with Crippen LogP contribution in [0.3, 0.4) is 0 Å². The van der Waals surface area contributed by atoms with Gasteiger partial charge in [0, 0.05) is 5.69 Å². The molecule has 1 amide bonds. The van der Waals surface area contributed by atoms with Crippen LogP contribution in [0.1, 0.15) is 6.42 Å². The van der Waals surface area contributed by atoms with E-state index >= 15 is 0 Å². The maximum atomic E-state index is 11.7. The molecule has 4 N–H and O–H groups in total. The van der Waals surface area contributed by atoms with E-state index in [-0.39, 0.29) is 10.6 Å². The Morgan fingerprint density at radius 2 is 2.00 bits per heavy atom. The fourth-order valence-electron chi connectivity index (χ4n) is 1.74. The van der Waals surface area contributed by atoms with Gasteiger partial charge in [0.05, 0.1) is 16.7 Å². The molecular formula is C11H12N2O5S. The predicted molar refractivity (Wildman–Crippen MR) is 65.7 cm³/mol. The normalized spacial score (nSPS) is 21.7. The number of carboxylic acids is 1. The van der Waals surface area contributed by atoms with Crippen molar-refractivity contribution in [1.82, 2.24) is 0 Å². The van der Waals surface area contributed by atoms with Gasteiger partial charge in [0.2, 0.25) is 15.9 Å². The summed E-state index contributed by atoms with van der Waals surface area (Å²) in [7, 11) is -3.84. The molecule has 1 fully saturated rings. The number of carboxylic acid groups (broad SMARTS) is 1. The van der Waals surface area contributed by atoms with Gasteiger partial charge in [0.15, 0.2) is 0 Å². The summed E-state index contributed by atoms with van der Waals surface area (Å²) in [6, 6.07) is 5.48. The number of rotatable bonds is 4. The molecule has 1 aromatic carbocycles. The van der Waals surface area contributed by atoms with Crippen molar-refractivity contribution < 1.29 is 23.1 Å². The summed E-state index contributed by atoms with van der Waals surface area (Å²) < 4.78 is 22.3. The zero-order valence-electron chi connectivity index (χ0n) is 9.74. The summed E-state index contributed by atoms with van der Waals surface area (Å²) in [6.07, 6.45) is 0.302. The molecule has 0 unspecified atom stereocenters. The first-order valence-corrected chi connectivity index (χ1v) is 7.00. The molecule has 0 saturated heterocycles. The predicted octanol–water partition coefficient (Wildman–Crippen LogP) is -0.00680. The second kappa shape index (κ2) is 4.63. The molecule has 1 aromatic rings. The SMILES string of the molecule is NS(=O)(=O)c1cccc(NC(=O)[C@H]2C[C@H]2C(=O)O)c1. The minimum Gasteiger partial charge on any atom is -0.481 e. The standard InChI is InChI=1S/C11H12N2O5S/c12-19(17,18)7-3-1-2-6(4-7)13-10(14)8-5-9(8)11(15)16/h1-4,8-9H,5H2,(H,13,14)(H,15,16)(H2,12,17,18)/t8-,9+/m0/s1. The molecule has 1 aliphatic carbocycles. The molecule has 2 rings (SSSR count). The lowest BCUT2D eigenvalue weighted by Gasteiger charge is -2.06. The molecule has 2 atom stereocenters. The van der Waals surface area contributed by atoms with E-state index in [4.69, 9.17) is 10.2 Å². The maximum absolute atomic E-state index is 11.7. The highest BCUT2D eigenvalue weighted by atomic mass is 32.2. The molecule has 0 spiro atoms. The molecule has 1 saturated carbocycles. The number of sulfonamides is 1. The number of hydrogen-bond acceptors (Lipinski definition) is 4. The van der Waals surface area contributed by atoms with Gasteiger partial charge in [-0.3, -0.25) is 9.59 Å². The third-order valence-corrected chi connectivity index (χ3v) is 3.79. The van der Waals surface area contributed by atoms with Crippen LogP contribution in [0.15, 0.2) is 29.2 Å². The number of aliphatic carboxylic acids is 1. The molecule has 1 aliphatic rings. The van der Waals surface area contributed by atoms with E-state index in [1.54, 1.807) is 0 Å². The number of hydrogen-bond donors (Lipinski definition) is 3. The zero-order valence-corrected chi connectivity index (χ0v) is 10.6. The van der Waals surface area contributed by atoms with Crippen LogP contribution in [-0.4, -0.2) is 25.4 Å². The average Bonchev–Trinajstić information content (AvgIpc) is 3.08. The van der Waals surface area contributed by atoms with Crippen molar-refractivity contribution in [3.63, 3.8) is 0 Å². The van der Waals surface area contributed by atoms with Gasteiger partial charge in [-0.2, -0.15) is 0 Å². The van der Waals surface area contributed by atoms with Gasteiger partial charge in [-0.05, 0) is 24.6 Å². The Bertz CT molecular complexity index is 640. The van der Waals surface area contributed by atoms with Crippen molar-refractivity contribution in [2.45, 2.75) is 11.3 Å². The fourth-order valence-corrected chi connectivity index (χ4v) is 2.30. The monoisotopic (exact) mass is 284 g/mol. The van der Waals surface area contributed by atoms with Gasteiger partial charge < -0.3 is 10.4 Å². The van der Waals surface area contributed by atoms with Crippen molar-refractivity contribution in [1.29, 1.82) is 0 Å². The number of benzene rings is 1. The molecule has 0 bridgehead atoms. The van der Waals surface area contributed by atoms with E-state index in [0.29, 0.717) is 6.42 Å². The van der Waals surface area contributed by atoms with Crippen molar-refractivity contribution in [3.05, 3.63) is 24.3 Å². The van der Waals surface area contributed by atoms with E-state index < -0.39 is 33.7 Å². The number of amides is 1. The Morgan fingerprint density at radius 3 is 2.53 bits per heavy atom. The highest BCUT2D eigenvalue weighted by Gasteiger charge is 2.48. The van der Waals surface area contributed by atoms with E-state index in [1.807, 2.05) is 0 Å². The van der Waals surface area contributed by atoms with Crippen LogP contribution in [0.4, 0.5) is 5.69 Å². The van der Waals surface area contributed by atoms with Gasteiger partial charge in [0.1, 0.15) is 0 Å². The highest BCUT2D eigenvalue weighted by molar-refractivity contribution is 7.89. The first-order valence-electron chi connectivity index (χ1n) is 5.45. The second-order valence-electron chi connectivity index (χ2n) is 4.35. The van der Waals surface area contributed by atoms with E-state index in [2.05, 4.69) is 5.32 Å². The summed E-state index contributed by atoms with van der Waals surface area (Å²) in [6.45, 7) is 0. The number of anilines is 1. The number of carbonyl (C=O) groups excluding carboxylic acids is 1. The Balaban J connectivity index is 2.09. The summed E-state index contributed by atoms with van der Waals surface area (Å²) >= 11 is 0. The largest absolute Gasteiger partial charge is 0.481 e. The molecule has 102 valence electrons. The molecular weight excluding hydrogens is 272 g/mol. The summed E-state index contributed by atoms with van der Waals surface area (Å²) in [5.74, 6) is -2.64. The van der Waals surface area contributed by atoms with E-state index in [9.17, 15) is 18.0 Å². The van der Waals surface area contributed by atoms with Crippen molar-refractivity contribution in [3.8, 4) is 0 Å². The average molecular weight is 284 g/mol. The molecule has 8 heteroatoms. The van der Waals surface area contributed by atoms with Gasteiger partial charge in [0.25, 0.3) is 0 Å². The lowest BCUT2D eigenvalue weighted by molar-refractivity contribution is -0.139. The topological polar surface area (TPSA) is 127 Å². The van der Waals surface area contributed by atoms with Crippen LogP contribution in [0.25, 0.3) is 0 Å². The van der Waals surface area contributed by atoms with Crippen LogP contribution in [0.2, 0.25) is 0 Å². The van der Waals surface area contributed by atoms with Gasteiger partial charge in [-0.15, -0.1) is 0 Å². The quantitative estimate of drug-likeness (QED) is 0.717. The van der Waals surface area contributed by atoms with Crippen LogP contribution >= 0.6 is 0 Å². The highest BCUT2D eigenvalue weighted by Crippen LogP contribution is 2.39. The van der Waals surface area contributed by atoms with Crippen molar-refractivity contribution in [2.75, 3.05) is 5.32 Å². The van der Waals surface area contributed by atoms with Crippen LogP contribution in [0, 0.1) is 11.8 Å². The lowest BCUT2D eigenvalue weighted by Crippen LogP contribution is -2.17. The minimum atomic E-state index is -3.84. The first-order chi connectivity index (χ1) is 8.79. The zero-order chi connectivity index (χ0) is 14.2. The molecule has 0 aromatic heterocycles. The van der Waals surface area contributed by atoms with E-state index in [1.165, 1.54) is 24.3 Å².